The highest BCUT2D eigenvalue weighted by Crippen LogP contribution is 2.21. The summed E-state index contributed by atoms with van der Waals surface area (Å²) in [6.45, 7) is 0.497. The average molecular weight is 285 g/mol. The predicted octanol–water partition coefficient (Wildman–Crippen LogP) is 1.56. The van der Waals surface area contributed by atoms with E-state index in [1.54, 1.807) is 35.1 Å². The second-order valence-electron chi connectivity index (χ2n) is 4.99. The molecule has 6 nitrogen and oxygen atoms in total. The van der Waals surface area contributed by atoms with Crippen molar-refractivity contribution in [1.82, 2.24) is 14.7 Å². The highest BCUT2D eigenvalue weighted by atomic mass is 16.4. The summed E-state index contributed by atoms with van der Waals surface area (Å²) < 4.78 is 1.70. The van der Waals surface area contributed by atoms with E-state index in [2.05, 4.69) is 5.10 Å². The van der Waals surface area contributed by atoms with Gasteiger partial charge in [-0.2, -0.15) is 5.10 Å². The first-order valence-corrected chi connectivity index (χ1v) is 6.80. The zero-order chi connectivity index (χ0) is 14.8. The van der Waals surface area contributed by atoms with Crippen molar-refractivity contribution in [3.63, 3.8) is 0 Å². The molecular formula is C15H15N3O3. The Morgan fingerprint density at radius 3 is 2.62 bits per heavy atom. The summed E-state index contributed by atoms with van der Waals surface area (Å²) in [4.78, 5) is 25.0. The lowest BCUT2D eigenvalue weighted by Gasteiger charge is -2.21. The summed E-state index contributed by atoms with van der Waals surface area (Å²) in [5.41, 5.74) is 1.35. The molecule has 2 heterocycles. The predicted molar refractivity (Wildman–Crippen MR) is 75.3 cm³/mol. The average Bonchev–Trinajstić information content (AvgIpc) is 3.18. The zero-order valence-electron chi connectivity index (χ0n) is 11.3. The van der Waals surface area contributed by atoms with Crippen LogP contribution in [-0.4, -0.2) is 44.3 Å². The van der Waals surface area contributed by atoms with E-state index in [4.69, 9.17) is 5.11 Å². The summed E-state index contributed by atoms with van der Waals surface area (Å²) in [7, 11) is 0. The van der Waals surface area contributed by atoms with Gasteiger partial charge in [-0.25, -0.2) is 9.48 Å². The third-order valence-electron chi connectivity index (χ3n) is 3.68. The van der Waals surface area contributed by atoms with Crippen molar-refractivity contribution in [2.75, 3.05) is 6.54 Å². The SMILES string of the molecule is O=C(O)[C@H]1CCCN1C(=O)c1ccc(-n2cccn2)cc1. The molecule has 1 aromatic heterocycles. The van der Waals surface area contributed by atoms with Crippen molar-refractivity contribution in [2.45, 2.75) is 18.9 Å². The Morgan fingerprint density at radius 1 is 1.24 bits per heavy atom. The van der Waals surface area contributed by atoms with Gasteiger partial charge in [0.15, 0.2) is 0 Å². The maximum absolute atomic E-state index is 12.4. The van der Waals surface area contributed by atoms with Crippen LogP contribution >= 0.6 is 0 Å². The summed E-state index contributed by atoms with van der Waals surface area (Å²) in [6.07, 6.45) is 4.75. The molecule has 1 amide bonds. The van der Waals surface area contributed by atoms with Crippen LogP contribution in [0.4, 0.5) is 0 Å². The van der Waals surface area contributed by atoms with E-state index in [9.17, 15) is 9.59 Å². The monoisotopic (exact) mass is 285 g/mol. The minimum absolute atomic E-state index is 0.230. The summed E-state index contributed by atoms with van der Waals surface area (Å²) >= 11 is 0. The Balaban J connectivity index is 1.80. The van der Waals surface area contributed by atoms with E-state index in [-0.39, 0.29) is 5.91 Å². The Hall–Kier alpha value is -2.63. The lowest BCUT2D eigenvalue weighted by Crippen LogP contribution is -2.40. The van der Waals surface area contributed by atoms with Crippen LogP contribution in [0.25, 0.3) is 5.69 Å². The number of aromatic nitrogens is 2. The number of benzene rings is 1. The van der Waals surface area contributed by atoms with Crippen LogP contribution in [0.2, 0.25) is 0 Å². The van der Waals surface area contributed by atoms with Crippen LogP contribution in [0.1, 0.15) is 23.2 Å². The molecule has 1 N–H and O–H groups in total. The molecule has 0 unspecified atom stereocenters. The van der Waals surface area contributed by atoms with Gasteiger partial charge in [0.1, 0.15) is 6.04 Å². The maximum Gasteiger partial charge on any atom is 0.326 e. The third-order valence-corrected chi connectivity index (χ3v) is 3.68. The second kappa shape index (κ2) is 5.40. The molecule has 0 radical (unpaired) electrons. The zero-order valence-corrected chi connectivity index (χ0v) is 11.3. The van der Waals surface area contributed by atoms with E-state index in [0.29, 0.717) is 18.5 Å². The molecule has 1 fully saturated rings. The lowest BCUT2D eigenvalue weighted by molar-refractivity contribution is -0.141. The molecule has 0 bridgehead atoms. The van der Waals surface area contributed by atoms with Gasteiger partial charge in [-0.15, -0.1) is 0 Å². The number of hydrogen-bond donors (Lipinski definition) is 1. The fraction of sp³-hybridized carbons (Fsp3) is 0.267. The van der Waals surface area contributed by atoms with Crippen LogP contribution < -0.4 is 0 Å². The molecule has 0 aliphatic carbocycles. The molecule has 1 aromatic carbocycles. The van der Waals surface area contributed by atoms with Gasteiger partial charge < -0.3 is 10.0 Å². The van der Waals surface area contributed by atoms with E-state index in [1.807, 2.05) is 12.3 Å². The number of carboxylic acid groups (broad SMARTS) is 1. The number of rotatable bonds is 3. The molecule has 0 spiro atoms. The van der Waals surface area contributed by atoms with E-state index < -0.39 is 12.0 Å². The van der Waals surface area contributed by atoms with Gasteiger partial charge in [-0.3, -0.25) is 4.79 Å². The molecule has 1 aliphatic rings. The van der Waals surface area contributed by atoms with Crippen LogP contribution in [0, 0.1) is 0 Å². The summed E-state index contributed by atoms with van der Waals surface area (Å²) in [5, 5.41) is 13.3. The van der Waals surface area contributed by atoms with Gasteiger partial charge in [0.05, 0.1) is 5.69 Å². The Kier molecular flexibility index (Phi) is 3.43. The minimum atomic E-state index is -0.936. The lowest BCUT2D eigenvalue weighted by atomic mass is 10.1. The number of nitrogens with zero attached hydrogens (tertiary/aromatic N) is 3. The van der Waals surface area contributed by atoms with E-state index in [0.717, 1.165) is 12.1 Å². The Bertz CT molecular complexity index is 649. The molecule has 21 heavy (non-hydrogen) atoms. The highest BCUT2D eigenvalue weighted by molar-refractivity contribution is 5.97. The quantitative estimate of drug-likeness (QED) is 0.928. The van der Waals surface area contributed by atoms with Crippen LogP contribution in [-0.2, 0) is 4.79 Å². The first-order chi connectivity index (χ1) is 10.2. The molecule has 1 saturated heterocycles. The maximum atomic E-state index is 12.4. The van der Waals surface area contributed by atoms with Gasteiger partial charge in [-0.05, 0) is 43.2 Å². The normalized spacial score (nSPS) is 17.9. The topological polar surface area (TPSA) is 75.4 Å². The molecule has 1 aliphatic heterocycles. The van der Waals surface area contributed by atoms with Crippen molar-refractivity contribution >= 4 is 11.9 Å². The fourth-order valence-electron chi connectivity index (χ4n) is 2.61. The van der Waals surface area contributed by atoms with Gasteiger partial charge >= 0.3 is 5.97 Å². The fourth-order valence-corrected chi connectivity index (χ4v) is 2.61. The van der Waals surface area contributed by atoms with Gasteiger partial charge in [0.25, 0.3) is 5.91 Å². The number of amides is 1. The molecule has 3 rings (SSSR count). The van der Waals surface area contributed by atoms with Crippen molar-refractivity contribution in [2.24, 2.45) is 0 Å². The number of hydrogen-bond acceptors (Lipinski definition) is 3. The van der Waals surface area contributed by atoms with Crippen molar-refractivity contribution in [3.8, 4) is 5.69 Å². The third kappa shape index (κ3) is 2.52. The molecule has 6 heteroatoms. The standard InChI is InChI=1S/C15H15N3O3/c19-14(17-9-1-3-13(17)15(20)21)11-4-6-12(7-5-11)18-10-2-8-16-18/h2,4-8,10,13H,1,3,9H2,(H,20,21)/t13-/m1/s1. The number of carbonyl (C=O) groups is 2. The smallest absolute Gasteiger partial charge is 0.326 e. The number of likely N-dealkylation sites (tertiary alicyclic amines) is 1. The van der Waals surface area contributed by atoms with Crippen LogP contribution in [0.3, 0.4) is 0 Å². The first-order valence-electron chi connectivity index (χ1n) is 6.80. The van der Waals surface area contributed by atoms with Crippen LogP contribution in [0.5, 0.6) is 0 Å². The van der Waals surface area contributed by atoms with E-state index >= 15 is 0 Å². The van der Waals surface area contributed by atoms with Crippen molar-refractivity contribution < 1.29 is 14.7 Å². The molecule has 108 valence electrons. The van der Waals surface area contributed by atoms with Crippen molar-refractivity contribution in [3.05, 3.63) is 48.3 Å². The number of carbonyl (C=O) groups excluding carboxylic acids is 1. The number of carboxylic acids is 1. The van der Waals surface area contributed by atoms with Gasteiger partial charge in [-0.1, -0.05) is 0 Å². The van der Waals surface area contributed by atoms with Gasteiger partial charge in [0, 0.05) is 24.5 Å². The summed E-state index contributed by atoms with van der Waals surface area (Å²) in [5.74, 6) is -1.17. The largest absolute Gasteiger partial charge is 0.480 e. The van der Waals surface area contributed by atoms with Crippen molar-refractivity contribution in [1.29, 1.82) is 0 Å². The Morgan fingerprint density at radius 2 is 2.00 bits per heavy atom. The van der Waals surface area contributed by atoms with Gasteiger partial charge in [0.2, 0.25) is 0 Å². The summed E-state index contributed by atoms with van der Waals surface area (Å²) in [6, 6.07) is 8.12. The molecule has 2 aromatic rings. The molecule has 0 saturated carbocycles. The number of aliphatic carboxylic acids is 1. The Labute approximate surface area is 121 Å². The highest BCUT2D eigenvalue weighted by Gasteiger charge is 2.34. The van der Waals surface area contributed by atoms with E-state index in [1.165, 1.54) is 4.90 Å². The molecular weight excluding hydrogens is 270 g/mol. The molecule has 1 atom stereocenters. The first kappa shape index (κ1) is 13.4. The second-order valence-corrected chi connectivity index (χ2v) is 4.99. The minimum Gasteiger partial charge on any atom is -0.480 e. The van der Waals surface area contributed by atoms with Crippen LogP contribution in [0.15, 0.2) is 42.7 Å².